The van der Waals surface area contributed by atoms with Crippen molar-refractivity contribution in [3.05, 3.63) is 98.9 Å². The van der Waals surface area contributed by atoms with Gasteiger partial charge in [0, 0.05) is 22.6 Å². The number of carbonyl (C=O) groups excluding carboxylic acids is 2. The molecule has 1 aromatic heterocycles. The highest BCUT2D eigenvalue weighted by atomic mass is 79.9. The van der Waals surface area contributed by atoms with E-state index in [1.807, 2.05) is 43.3 Å². The van der Waals surface area contributed by atoms with Crippen molar-refractivity contribution in [3.8, 4) is 16.9 Å². The van der Waals surface area contributed by atoms with E-state index in [-0.39, 0.29) is 18.4 Å². The number of nitrogens with zero attached hydrogens (tertiary/aromatic N) is 3. The van der Waals surface area contributed by atoms with Gasteiger partial charge in [-0.3, -0.25) is 9.59 Å². The first-order valence-corrected chi connectivity index (χ1v) is 12.4. The van der Waals surface area contributed by atoms with Crippen molar-refractivity contribution in [1.29, 1.82) is 0 Å². The third-order valence-electron chi connectivity index (χ3n) is 5.30. The minimum Gasteiger partial charge on any atom is -0.330 e. The molecule has 0 aliphatic carbocycles. The first-order valence-electron chi connectivity index (χ1n) is 10.8. The van der Waals surface area contributed by atoms with Crippen LogP contribution in [0.25, 0.3) is 16.9 Å². The highest BCUT2D eigenvalue weighted by Crippen LogP contribution is 2.29. The van der Waals surface area contributed by atoms with Crippen molar-refractivity contribution in [2.24, 2.45) is 0 Å². The SMILES string of the molecule is CCN(CC(=O)Nc1cc(-c2ccccc2)nn1-c1ccc(Cl)c(Cl)c1)C(=O)c1ccccc1Br. The molecule has 0 saturated heterocycles. The van der Waals surface area contributed by atoms with E-state index in [9.17, 15) is 9.59 Å². The normalized spacial score (nSPS) is 10.7. The van der Waals surface area contributed by atoms with Crippen LogP contribution in [0.15, 0.2) is 83.3 Å². The van der Waals surface area contributed by atoms with Crippen molar-refractivity contribution in [1.82, 2.24) is 14.7 Å². The Labute approximate surface area is 221 Å². The van der Waals surface area contributed by atoms with Gasteiger partial charge in [0.25, 0.3) is 5.91 Å². The lowest BCUT2D eigenvalue weighted by molar-refractivity contribution is -0.116. The van der Waals surface area contributed by atoms with Crippen molar-refractivity contribution >= 4 is 56.8 Å². The summed E-state index contributed by atoms with van der Waals surface area (Å²) in [4.78, 5) is 27.5. The summed E-state index contributed by atoms with van der Waals surface area (Å²) >= 11 is 15.7. The van der Waals surface area contributed by atoms with Gasteiger partial charge in [-0.2, -0.15) is 5.10 Å². The van der Waals surface area contributed by atoms with Gasteiger partial charge >= 0.3 is 0 Å². The fourth-order valence-corrected chi connectivity index (χ4v) is 4.27. The van der Waals surface area contributed by atoms with Crippen LogP contribution in [0.1, 0.15) is 17.3 Å². The van der Waals surface area contributed by atoms with Gasteiger partial charge in [0.1, 0.15) is 12.4 Å². The molecule has 0 saturated carbocycles. The van der Waals surface area contributed by atoms with Crippen molar-refractivity contribution in [2.45, 2.75) is 6.92 Å². The van der Waals surface area contributed by atoms with Crippen molar-refractivity contribution in [2.75, 3.05) is 18.4 Å². The number of rotatable bonds is 7. The van der Waals surface area contributed by atoms with E-state index in [1.165, 1.54) is 4.90 Å². The number of amides is 2. The lowest BCUT2D eigenvalue weighted by Gasteiger charge is -2.21. The van der Waals surface area contributed by atoms with E-state index in [0.29, 0.717) is 43.8 Å². The second kappa shape index (κ2) is 11.1. The van der Waals surface area contributed by atoms with Crippen LogP contribution in [-0.4, -0.2) is 39.6 Å². The highest BCUT2D eigenvalue weighted by Gasteiger charge is 2.21. The molecule has 6 nitrogen and oxygen atoms in total. The van der Waals surface area contributed by atoms with Crippen LogP contribution in [-0.2, 0) is 4.79 Å². The molecule has 4 aromatic rings. The molecule has 4 rings (SSSR count). The number of likely N-dealkylation sites (N-methyl/N-ethyl adjacent to an activating group) is 1. The Morgan fingerprint density at radius 2 is 1.69 bits per heavy atom. The van der Waals surface area contributed by atoms with E-state index in [0.717, 1.165) is 5.56 Å². The third-order valence-corrected chi connectivity index (χ3v) is 6.73. The van der Waals surface area contributed by atoms with Gasteiger partial charge in [0.05, 0.1) is 27.0 Å². The van der Waals surface area contributed by atoms with E-state index >= 15 is 0 Å². The summed E-state index contributed by atoms with van der Waals surface area (Å²) in [6.45, 7) is 2.08. The van der Waals surface area contributed by atoms with Gasteiger partial charge in [0.15, 0.2) is 0 Å². The molecule has 0 aliphatic rings. The first kappa shape index (κ1) is 25.0. The third kappa shape index (κ3) is 5.75. The van der Waals surface area contributed by atoms with Gasteiger partial charge < -0.3 is 10.2 Å². The number of aromatic nitrogens is 2. The van der Waals surface area contributed by atoms with Crippen LogP contribution in [0, 0.1) is 0 Å². The maximum atomic E-state index is 13.0. The summed E-state index contributed by atoms with van der Waals surface area (Å²) in [6.07, 6.45) is 0. The van der Waals surface area contributed by atoms with E-state index in [1.54, 1.807) is 47.1 Å². The molecular formula is C26H21BrCl2N4O2. The molecule has 0 aliphatic heterocycles. The Kier molecular flexibility index (Phi) is 7.90. The molecule has 178 valence electrons. The average Bonchev–Trinajstić information content (AvgIpc) is 3.28. The number of halogens is 3. The molecular weight excluding hydrogens is 551 g/mol. The number of nitrogens with one attached hydrogen (secondary N) is 1. The first-order chi connectivity index (χ1) is 16.9. The fraction of sp³-hybridized carbons (Fsp3) is 0.115. The van der Waals surface area contributed by atoms with Gasteiger partial charge in [0.2, 0.25) is 5.91 Å². The smallest absolute Gasteiger partial charge is 0.255 e. The molecule has 0 fully saturated rings. The topological polar surface area (TPSA) is 67.2 Å². The largest absolute Gasteiger partial charge is 0.330 e. The molecule has 35 heavy (non-hydrogen) atoms. The number of benzene rings is 3. The summed E-state index contributed by atoms with van der Waals surface area (Å²) in [5.74, 6) is -0.150. The standard InChI is InChI=1S/C26H21BrCl2N4O2/c1-2-32(26(35)19-10-6-7-11-20(19)27)16-25(34)30-24-15-23(17-8-4-3-5-9-17)31-33(24)18-12-13-21(28)22(29)14-18/h3-15H,2,16H2,1H3,(H,30,34). The molecule has 0 unspecified atom stereocenters. The van der Waals surface area contributed by atoms with Gasteiger partial charge in [-0.05, 0) is 53.2 Å². The maximum absolute atomic E-state index is 13.0. The minimum atomic E-state index is -0.354. The predicted octanol–water partition coefficient (Wildman–Crippen LogP) is 6.71. The van der Waals surface area contributed by atoms with Crippen LogP contribution >= 0.6 is 39.1 Å². The Balaban J connectivity index is 1.62. The molecule has 1 heterocycles. The van der Waals surface area contributed by atoms with Crippen LogP contribution in [0.4, 0.5) is 5.82 Å². The van der Waals surface area contributed by atoms with Crippen LogP contribution in [0.3, 0.4) is 0 Å². The number of anilines is 1. The van der Waals surface area contributed by atoms with Gasteiger partial charge in [-0.25, -0.2) is 4.68 Å². The second-order valence-electron chi connectivity index (χ2n) is 7.64. The van der Waals surface area contributed by atoms with Crippen LogP contribution in [0.2, 0.25) is 10.0 Å². The molecule has 0 bridgehead atoms. The molecule has 2 amide bonds. The molecule has 9 heteroatoms. The Morgan fingerprint density at radius 3 is 2.37 bits per heavy atom. The highest BCUT2D eigenvalue weighted by molar-refractivity contribution is 9.10. The summed E-state index contributed by atoms with van der Waals surface area (Å²) < 4.78 is 2.27. The summed E-state index contributed by atoms with van der Waals surface area (Å²) in [5, 5.41) is 8.37. The lowest BCUT2D eigenvalue weighted by Crippen LogP contribution is -2.38. The van der Waals surface area contributed by atoms with E-state index < -0.39 is 0 Å². The Morgan fingerprint density at radius 1 is 0.971 bits per heavy atom. The fourth-order valence-electron chi connectivity index (χ4n) is 3.52. The molecule has 0 spiro atoms. The Bertz CT molecular complexity index is 1380. The summed E-state index contributed by atoms with van der Waals surface area (Å²) in [6, 6.07) is 23.6. The van der Waals surface area contributed by atoms with E-state index in [4.69, 9.17) is 23.2 Å². The van der Waals surface area contributed by atoms with Crippen LogP contribution in [0.5, 0.6) is 0 Å². The van der Waals surface area contributed by atoms with Crippen LogP contribution < -0.4 is 5.32 Å². The average molecular weight is 572 g/mol. The molecule has 0 atom stereocenters. The maximum Gasteiger partial charge on any atom is 0.255 e. The number of hydrogen-bond acceptors (Lipinski definition) is 3. The zero-order valence-electron chi connectivity index (χ0n) is 18.7. The molecule has 1 N–H and O–H groups in total. The summed E-state index contributed by atoms with van der Waals surface area (Å²) in [7, 11) is 0. The summed E-state index contributed by atoms with van der Waals surface area (Å²) in [5.41, 5.74) is 2.69. The number of hydrogen-bond donors (Lipinski definition) is 1. The monoisotopic (exact) mass is 570 g/mol. The molecule has 0 radical (unpaired) electrons. The zero-order chi connectivity index (χ0) is 24.9. The van der Waals surface area contributed by atoms with Gasteiger partial charge in [-0.1, -0.05) is 65.7 Å². The Hall–Kier alpha value is -3.13. The van der Waals surface area contributed by atoms with Crippen molar-refractivity contribution in [3.63, 3.8) is 0 Å². The molecule has 3 aromatic carbocycles. The van der Waals surface area contributed by atoms with E-state index in [2.05, 4.69) is 26.3 Å². The minimum absolute atomic E-state index is 0.121. The quantitative estimate of drug-likeness (QED) is 0.268. The van der Waals surface area contributed by atoms with Crippen molar-refractivity contribution < 1.29 is 9.59 Å². The second-order valence-corrected chi connectivity index (χ2v) is 9.31. The van der Waals surface area contributed by atoms with Gasteiger partial charge in [-0.15, -0.1) is 0 Å². The lowest BCUT2D eigenvalue weighted by atomic mass is 10.1. The zero-order valence-corrected chi connectivity index (χ0v) is 21.8. The number of carbonyl (C=O) groups is 2. The predicted molar refractivity (Wildman–Crippen MR) is 143 cm³/mol.